The van der Waals surface area contributed by atoms with Crippen molar-refractivity contribution < 1.29 is 9.90 Å². The summed E-state index contributed by atoms with van der Waals surface area (Å²) < 4.78 is 3.99. The highest BCUT2D eigenvalue weighted by Gasteiger charge is 2.09. The van der Waals surface area contributed by atoms with Crippen molar-refractivity contribution in [1.82, 2.24) is 14.9 Å². The van der Waals surface area contributed by atoms with E-state index in [1.807, 2.05) is 11.5 Å². The first kappa shape index (κ1) is 12.0. The molecule has 2 N–H and O–H groups in total. The fourth-order valence-electron chi connectivity index (χ4n) is 1.04. The van der Waals surface area contributed by atoms with Crippen molar-refractivity contribution in [2.45, 2.75) is 13.5 Å². The fourth-order valence-corrected chi connectivity index (χ4v) is 2.39. The van der Waals surface area contributed by atoms with Gasteiger partial charge in [0, 0.05) is 13.1 Å². The minimum atomic E-state index is -0.993. The molecule has 0 saturated carbocycles. The molecule has 0 aromatic carbocycles. The SMILES string of the molecule is Cc1nc(I)c(I)n1CCNC(=O)O. The van der Waals surface area contributed by atoms with Gasteiger partial charge in [-0.25, -0.2) is 9.78 Å². The normalized spacial score (nSPS) is 10.2. The average molecular weight is 421 g/mol. The van der Waals surface area contributed by atoms with E-state index in [1.54, 1.807) is 0 Å². The molecule has 0 bridgehead atoms. The van der Waals surface area contributed by atoms with Gasteiger partial charge in [-0.1, -0.05) is 0 Å². The summed E-state index contributed by atoms with van der Waals surface area (Å²) in [7, 11) is 0. The lowest BCUT2D eigenvalue weighted by molar-refractivity contribution is 0.194. The van der Waals surface area contributed by atoms with E-state index >= 15 is 0 Å². The maximum atomic E-state index is 10.2. The molecule has 0 aliphatic rings. The van der Waals surface area contributed by atoms with Gasteiger partial charge < -0.3 is 15.0 Å². The molecule has 1 aromatic heterocycles. The molecule has 0 unspecified atom stereocenters. The standard InChI is InChI=1S/C7H9I2N3O2/c1-4-11-5(8)6(9)12(4)3-2-10-7(13)14/h10H,2-3H2,1H3,(H,13,14). The number of rotatable bonds is 3. The van der Waals surface area contributed by atoms with Crippen molar-refractivity contribution >= 4 is 51.3 Å². The van der Waals surface area contributed by atoms with Crippen LogP contribution in [0.4, 0.5) is 4.79 Å². The first-order valence-electron chi connectivity index (χ1n) is 3.87. The third-order valence-electron chi connectivity index (χ3n) is 1.67. The zero-order chi connectivity index (χ0) is 10.7. The highest BCUT2D eigenvalue weighted by molar-refractivity contribution is 14.1. The summed E-state index contributed by atoms with van der Waals surface area (Å²) in [5.74, 6) is 0.908. The van der Waals surface area contributed by atoms with Gasteiger partial charge in [0.15, 0.2) is 0 Å². The van der Waals surface area contributed by atoms with Crippen LogP contribution >= 0.6 is 45.2 Å². The third kappa shape index (κ3) is 2.97. The number of amides is 1. The van der Waals surface area contributed by atoms with Crippen LogP contribution in [0.5, 0.6) is 0 Å². The van der Waals surface area contributed by atoms with E-state index < -0.39 is 6.09 Å². The van der Waals surface area contributed by atoms with E-state index in [2.05, 4.69) is 55.5 Å². The van der Waals surface area contributed by atoms with Crippen LogP contribution in [-0.4, -0.2) is 27.3 Å². The number of halogens is 2. The van der Waals surface area contributed by atoms with Gasteiger partial charge in [0.25, 0.3) is 0 Å². The van der Waals surface area contributed by atoms with Crippen LogP contribution in [0, 0.1) is 14.3 Å². The monoisotopic (exact) mass is 421 g/mol. The number of carboxylic acid groups (broad SMARTS) is 1. The molecular formula is C7H9I2N3O2. The van der Waals surface area contributed by atoms with Crippen molar-refractivity contribution in [2.24, 2.45) is 0 Å². The fraction of sp³-hybridized carbons (Fsp3) is 0.429. The first-order valence-corrected chi connectivity index (χ1v) is 6.03. The summed E-state index contributed by atoms with van der Waals surface area (Å²) in [5, 5.41) is 10.7. The van der Waals surface area contributed by atoms with E-state index in [-0.39, 0.29) is 0 Å². The van der Waals surface area contributed by atoms with E-state index in [4.69, 9.17) is 5.11 Å². The number of hydrogen-bond donors (Lipinski definition) is 2. The molecule has 0 aliphatic heterocycles. The molecule has 5 nitrogen and oxygen atoms in total. The molecule has 1 heterocycles. The highest BCUT2D eigenvalue weighted by Crippen LogP contribution is 2.15. The van der Waals surface area contributed by atoms with Crippen LogP contribution in [0.15, 0.2) is 0 Å². The van der Waals surface area contributed by atoms with Gasteiger partial charge in [0.2, 0.25) is 0 Å². The van der Waals surface area contributed by atoms with E-state index in [0.29, 0.717) is 13.1 Å². The predicted octanol–water partition coefficient (Wildman–Crippen LogP) is 1.67. The van der Waals surface area contributed by atoms with Gasteiger partial charge in [-0.15, -0.1) is 0 Å². The quantitative estimate of drug-likeness (QED) is 0.731. The van der Waals surface area contributed by atoms with Crippen LogP contribution in [-0.2, 0) is 6.54 Å². The van der Waals surface area contributed by atoms with Gasteiger partial charge >= 0.3 is 6.09 Å². The molecule has 14 heavy (non-hydrogen) atoms. The Balaban J connectivity index is 2.62. The van der Waals surface area contributed by atoms with Gasteiger partial charge in [-0.2, -0.15) is 0 Å². The molecule has 0 aliphatic carbocycles. The Morgan fingerprint density at radius 1 is 1.64 bits per heavy atom. The summed E-state index contributed by atoms with van der Waals surface area (Å²) in [4.78, 5) is 14.5. The Labute approximate surface area is 109 Å². The van der Waals surface area contributed by atoms with Crippen molar-refractivity contribution in [3.63, 3.8) is 0 Å². The van der Waals surface area contributed by atoms with Crippen LogP contribution in [0.1, 0.15) is 5.82 Å². The van der Waals surface area contributed by atoms with Crippen LogP contribution in [0.2, 0.25) is 0 Å². The van der Waals surface area contributed by atoms with Crippen molar-refractivity contribution in [3.8, 4) is 0 Å². The number of nitrogens with zero attached hydrogens (tertiary/aromatic N) is 2. The largest absolute Gasteiger partial charge is 0.465 e. The molecule has 1 amide bonds. The number of imidazole rings is 1. The number of aryl methyl sites for hydroxylation is 1. The molecule has 0 spiro atoms. The Morgan fingerprint density at radius 2 is 2.29 bits per heavy atom. The summed E-state index contributed by atoms with van der Waals surface area (Å²) in [6.45, 7) is 2.93. The van der Waals surface area contributed by atoms with E-state index in [0.717, 1.165) is 13.2 Å². The molecular weight excluding hydrogens is 412 g/mol. The predicted molar refractivity (Wildman–Crippen MR) is 68.4 cm³/mol. The number of carbonyl (C=O) groups is 1. The van der Waals surface area contributed by atoms with Crippen LogP contribution in [0.25, 0.3) is 0 Å². The summed E-state index contributed by atoms with van der Waals surface area (Å²) in [6.07, 6.45) is -0.993. The number of aromatic nitrogens is 2. The molecule has 1 rings (SSSR count). The molecule has 0 radical (unpaired) electrons. The second-order valence-corrected chi connectivity index (χ2v) is 4.67. The first-order chi connectivity index (χ1) is 6.52. The maximum Gasteiger partial charge on any atom is 0.404 e. The summed E-state index contributed by atoms with van der Waals surface area (Å²) >= 11 is 4.36. The van der Waals surface area contributed by atoms with Crippen molar-refractivity contribution in [3.05, 3.63) is 13.2 Å². The number of nitrogens with one attached hydrogen (secondary N) is 1. The van der Waals surface area contributed by atoms with Gasteiger partial charge in [-0.3, -0.25) is 0 Å². The average Bonchev–Trinajstić information content (AvgIpc) is 2.31. The summed E-state index contributed by atoms with van der Waals surface area (Å²) in [6, 6.07) is 0. The summed E-state index contributed by atoms with van der Waals surface area (Å²) in [5.41, 5.74) is 0. The molecule has 0 fully saturated rings. The van der Waals surface area contributed by atoms with Crippen LogP contribution < -0.4 is 5.32 Å². The molecule has 0 saturated heterocycles. The zero-order valence-corrected chi connectivity index (χ0v) is 11.7. The molecule has 78 valence electrons. The van der Waals surface area contributed by atoms with Crippen LogP contribution in [0.3, 0.4) is 0 Å². The Bertz CT molecular complexity index is 351. The molecule has 1 aromatic rings. The lowest BCUT2D eigenvalue weighted by Crippen LogP contribution is -2.25. The van der Waals surface area contributed by atoms with E-state index in [1.165, 1.54) is 0 Å². The minimum absolute atomic E-state index is 0.401. The Morgan fingerprint density at radius 3 is 2.71 bits per heavy atom. The van der Waals surface area contributed by atoms with Crippen molar-refractivity contribution in [2.75, 3.05) is 6.54 Å². The highest BCUT2D eigenvalue weighted by atomic mass is 127. The molecule has 0 atom stereocenters. The Hall–Kier alpha value is -0.0600. The second kappa shape index (κ2) is 5.14. The van der Waals surface area contributed by atoms with E-state index in [9.17, 15) is 4.79 Å². The maximum absolute atomic E-state index is 10.2. The number of hydrogen-bond acceptors (Lipinski definition) is 2. The zero-order valence-electron chi connectivity index (χ0n) is 7.42. The second-order valence-electron chi connectivity index (χ2n) is 2.62. The third-order valence-corrected chi connectivity index (χ3v) is 4.55. The topological polar surface area (TPSA) is 67.2 Å². The van der Waals surface area contributed by atoms with Gasteiger partial charge in [0.05, 0.1) is 0 Å². The smallest absolute Gasteiger partial charge is 0.404 e. The van der Waals surface area contributed by atoms with Gasteiger partial charge in [-0.05, 0) is 52.1 Å². The van der Waals surface area contributed by atoms with Gasteiger partial charge in [0.1, 0.15) is 13.2 Å². The minimum Gasteiger partial charge on any atom is -0.465 e. The lowest BCUT2D eigenvalue weighted by atomic mass is 10.5. The lowest BCUT2D eigenvalue weighted by Gasteiger charge is -2.06. The molecule has 7 heteroatoms. The Kier molecular flexibility index (Phi) is 4.41. The van der Waals surface area contributed by atoms with Crippen molar-refractivity contribution in [1.29, 1.82) is 0 Å².